The van der Waals surface area contributed by atoms with Gasteiger partial charge in [0.25, 0.3) is 5.91 Å². The number of aliphatic hydroxyl groups is 1. The topological polar surface area (TPSA) is 40.5 Å². The molecule has 4 aromatic rings. The normalized spacial score (nSPS) is 18.4. The van der Waals surface area contributed by atoms with Gasteiger partial charge in [-0.3, -0.25) is 4.79 Å². The molecule has 4 aromatic carbocycles. The Labute approximate surface area is 188 Å². The summed E-state index contributed by atoms with van der Waals surface area (Å²) in [6, 6.07) is 37.5. The highest BCUT2D eigenvalue weighted by molar-refractivity contribution is 5.99. The van der Waals surface area contributed by atoms with Gasteiger partial charge < -0.3 is 10.0 Å². The zero-order valence-corrected chi connectivity index (χ0v) is 17.8. The number of hydrogen-bond donors (Lipinski definition) is 1. The molecule has 1 N–H and O–H groups in total. The molecule has 3 nitrogen and oxygen atoms in total. The zero-order valence-electron chi connectivity index (χ0n) is 17.8. The van der Waals surface area contributed by atoms with Gasteiger partial charge >= 0.3 is 0 Å². The largest absolute Gasteiger partial charge is 0.366 e. The van der Waals surface area contributed by atoms with Crippen LogP contribution in [-0.4, -0.2) is 15.9 Å². The van der Waals surface area contributed by atoms with E-state index in [0.717, 1.165) is 16.7 Å². The van der Waals surface area contributed by atoms with Crippen molar-refractivity contribution in [2.75, 3.05) is 0 Å². The monoisotopic (exact) mass is 419 g/mol. The first kappa shape index (κ1) is 20.2. The van der Waals surface area contributed by atoms with Crippen molar-refractivity contribution in [2.45, 2.75) is 24.6 Å². The van der Waals surface area contributed by atoms with Crippen LogP contribution in [0.2, 0.25) is 0 Å². The number of rotatable bonds is 6. The maximum Gasteiger partial charge on any atom is 0.257 e. The number of benzene rings is 4. The van der Waals surface area contributed by atoms with E-state index in [2.05, 4.69) is 12.1 Å². The zero-order chi connectivity index (χ0) is 22.0. The summed E-state index contributed by atoms with van der Waals surface area (Å²) >= 11 is 0. The van der Waals surface area contributed by atoms with Gasteiger partial charge in [-0.2, -0.15) is 0 Å². The molecule has 1 amide bonds. The maximum atomic E-state index is 13.6. The summed E-state index contributed by atoms with van der Waals surface area (Å²) in [5.74, 6) is -0.469. The average molecular weight is 420 g/mol. The molecule has 32 heavy (non-hydrogen) atoms. The van der Waals surface area contributed by atoms with Crippen LogP contribution in [0.5, 0.6) is 0 Å². The Morgan fingerprint density at radius 3 is 1.88 bits per heavy atom. The maximum absolute atomic E-state index is 13.6. The van der Waals surface area contributed by atoms with Crippen LogP contribution in [0.3, 0.4) is 0 Å². The molecule has 0 saturated carbocycles. The second-order valence-corrected chi connectivity index (χ2v) is 8.30. The van der Waals surface area contributed by atoms with Gasteiger partial charge in [0, 0.05) is 23.6 Å². The van der Waals surface area contributed by atoms with E-state index in [-0.39, 0.29) is 11.8 Å². The van der Waals surface area contributed by atoms with Gasteiger partial charge in [-0.15, -0.1) is 0 Å². The van der Waals surface area contributed by atoms with Crippen LogP contribution in [0.15, 0.2) is 115 Å². The lowest BCUT2D eigenvalue weighted by Crippen LogP contribution is -2.48. The van der Waals surface area contributed by atoms with E-state index in [0.29, 0.717) is 24.1 Å². The Hall–Kier alpha value is -3.69. The van der Waals surface area contributed by atoms with Gasteiger partial charge in [-0.25, -0.2) is 0 Å². The van der Waals surface area contributed by atoms with Crippen molar-refractivity contribution in [3.8, 4) is 0 Å². The molecular formula is C29H25NO2. The lowest BCUT2D eigenvalue weighted by Gasteiger charge is -2.41. The van der Waals surface area contributed by atoms with Crippen molar-refractivity contribution >= 4 is 5.91 Å². The van der Waals surface area contributed by atoms with Gasteiger partial charge in [-0.1, -0.05) is 109 Å². The molecular weight excluding hydrogens is 394 g/mol. The minimum absolute atomic E-state index is 0.138. The van der Waals surface area contributed by atoms with E-state index in [9.17, 15) is 9.90 Å². The SMILES string of the molecule is O=C1c2ccccc2[C@](O)([C@H](Cc2ccccc2)c2ccccc2)N1Cc1ccccc1. The van der Waals surface area contributed by atoms with E-state index in [1.165, 1.54) is 0 Å². The van der Waals surface area contributed by atoms with E-state index >= 15 is 0 Å². The summed E-state index contributed by atoms with van der Waals surface area (Å²) in [4.78, 5) is 15.2. The van der Waals surface area contributed by atoms with E-state index < -0.39 is 5.72 Å². The molecule has 1 aliphatic rings. The second-order valence-electron chi connectivity index (χ2n) is 8.30. The van der Waals surface area contributed by atoms with Crippen LogP contribution in [0.25, 0.3) is 0 Å². The van der Waals surface area contributed by atoms with Crippen molar-refractivity contribution in [3.05, 3.63) is 143 Å². The van der Waals surface area contributed by atoms with E-state index in [4.69, 9.17) is 0 Å². The highest BCUT2D eigenvalue weighted by atomic mass is 16.3. The van der Waals surface area contributed by atoms with Crippen molar-refractivity contribution in [1.82, 2.24) is 4.90 Å². The smallest absolute Gasteiger partial charge is 0.257 e. The molecule has 0 aliphatic carbocycles. The van der Waals surface area contributed by atoms with Gasteiger partial charge in [0.15, 0.2) is 5.72 Å². The van der Waals surface area contributed by atoms with Crippen LogP contribution < -0.4 is 0 Å². The predicted molar refractivity (Wildman–Crippen MR) is 126 cm³/mol. The van der Waals surface area contributed by atoms with E-state index in [1.54, 1.807) is 4.90 Å². The molecule has 0 unspecified atom stereocenters. The number of carbonyl (C=O) groups is 1. The third-order valence-electron chi connectivity index (χ3n) is 6.36. The van der Waals surface area contributed by atoms with Crippen LogP contribution >= 0.6 is 0 Å². The van der Waals surface area contributed by atoms with Crippen molar-refractivity contribution in [1.29, 1.82) is 0 Å². The molecule has 0 bridgehead atoms. The summed E-state index contributed by atoms with van der Waals surface area (Å²) in [5, 5.41) is 12.5. The molecule has 158 valence electrons. The average Bonchev–Trinajstić information content (AvgIpc) is 3.07. The Bertz CT molecular complexity index is 1210. The lowest BCUT2D eigenvalue weighted by molar-refractivity contribution is -0.109. The first-order valence-corrected chi connectivity index (χ1v) is 10.9. The third-order valence-corrected chi connectivity index (χ3v) is 6.36. The lowest BCUT2D eigenvalue weighted by atomic mass is 9.79. The van der Waals surface area contributed by atoms with E-state index in [1.807, 2.05) is 103 Å². The Morgan fingerprint density at radius 2 is 1.22 bits per heavy atom. The standard InChI is InChI=1S/C29H25NO2/c31-28-25-18-10-11-19-26(25)29(32,30(28)21-23-14-6-2-7-15-23)27(24-16-8-3-9-17-24)20-22-12-4-1-5-13-22/h1-19,27,32H,20-21H2/t27-,29+/m1/s1. The molecule has 2 atom stereocenters. The molecule has 0 spiro atoms. The van der Waals surface area contributed by atoms with Crippen LogP contribution in [-0.2, 0) is 18.7 Å². The molecule has 0 fully saturated rings. The minimum Gasteiger partial charge on any atom is -0.366 e. The Balaban J connectivity index is 1.67. The highest BCUT2D eigenvalue weighted by Gasteiger charge is 2.53. The first-order valence-electron chi connectivity index (χ1n) is 10.9. The summed E-state index contributed by atoms with van der Waals surface area (Å²) in [6.07, 6.45) is 0.605. The fourth-order valence-electron chi connectivity index (χ4n) is 4.80. The fourth-order valence-corrected chi connectivity index (χ4v) is 4.80. The summed E-state index contributed by atoms with van der Waals surface area (Å²) in [5.41, 5.74) is 2.87. The summed E-state index contributed by atoms with van der Waals surface area (Å²) in [6.45, 7) is 0.336. The van der Waals surface area contributed by atoms with Crippen LogP contribution in [0.4, 0.5) is 0 Å². The van der Waals surface area contributed by atoms with Crippen molar-refractivity contribution < 1.29 is 9.90 Å². The quantitative estimate of drug-likeness (QED) is 0.447. The van der Waals surface area contributed by atoms with Crippen molar-refractivity contribution in [3.63, 3.8) is 0 Å². The molecule has 0 radical (unpaired) electrons. The van der Waals surface area contributed by atoms with Gasteiger partial charge in [0.1, 0.15) is 0 Å². The summed E-state index contributed by atoms with van der Waals surface area (Å²) < 4.78 is 0. The first-order chi connectivity index (χ1) is 15.7. The Kier molecular flexibility index (Phi) is 5.34. The highest BCUT2D eigenvalue weighted by Crippen LogP contribution is 2.48. The van der Waals surface area contributed by atoms with Gasteiger partial charge in [0.05, 0.1) is 0 Å². The third kappa shape index (κ3) is 3.51. The molecule has 0 aromatic heterocycles. The van der Waals surface area contributed by atoms with Gasteiger partial charge in [-0.05, 0) is 29.2 Å². The fraction of sp³-hybridized carbons (Fsp3) is 0.138. The van der Waals surface area contributed by atoms with Crippen LogP contribution in [0.1, 0.15) is 38.5 Å². The number of nitrogens with zero attached hydrogens (tertiary/aromatic N) is 1. The van der Waals surface area contributed by atoms with Crippen LogP contribution in [0, 0.1) is 0 Å². The number of hydrogen-bond acceptors (Lipinski definition) is 2. The van der Waals surface area contributed by atoms with Crippen molar-refractivity contribution in [2.24, 2.45) is 0 Å². The minimum atomic E-state index is -1.47. The van der Waals surface area contributed by atoms with Gasteiger partial charge in [0.2, 0.25) is 0 Å². The second kappa shape index (κ2) is 8.45. The number of carbonyl (C=O) groups excluding carboxylic acids is 1. The number of amides is 1. The molecule has 5 rings (SSSR count). The molecule has 1 aliphatic heterocycles. The molecule has 0 saturated heterocycles. The Morgan fingerprint density at radius 1 is 0.688 bits per heavy atom. The molecule has 1 heterocycles. The molecule has 3 heteroatoms. The number of fused-ring (bicyclic) bond motifs is 1. The summed E-state index contributed by atoms with van der Waals surface area (Å²) in [7, 11) is 0. The predicted octanol–water partition coefficient (Wildman–Crippen LogP) is 5.51.